The number of anilines is 1. The Kier molecular flexibility index (Phi) is 3.16. The molecule has 0 atom stereocenters. The lowest BCUT2D eigenvalue weighted by molar-refractivity contribution is 0.618. The van der Waals surface area contributed by atoms with Gasteiger partial charge in [-0.3, -0.25) is 0 Å². The first-order chi connectivity index (χ1) is 9.42. The largest absolute Gasteiger partial charge is 0.424 e. The molecule has 3 rings (SSSR count). The van der Waals surface area contributed by atoms with Crippen LogP contribution in [-0.4, -0.2) is 11.5 Å². The van der Waals surface area contributed by atoms with Gasteiger partial charge >= 0.3 is 0 Å². The molecule has 1 aromatic heterocycles. The van der Waals surface area contributed by atoms with E-state index in [4.69, 9.17) is 4.42 Å². The number of aromatic nitrogens is 1. The van der Waals surface area contributed by atoms with Crippen molar-refractivity contribution in [3.05, 3.63) is 60.2 Å². The van der Waals surface area contributed by atoms with Crippen LogP contribution in [0.25, 0.3) is 11.1 Å². The molecule has 1 heterocycles. The molecule has 0 aliphatic heterocycles. The molecule has 2 aromatic carbocycles. The first kappa shape index (κ1) is 11.4. The molecule has 3 nitrogen and oxygen atoms in total. The SMILES string of the molecule is C(#Cc1ccccc1)CNc1nc2ccccc2o1. The van der Waals surface area contributed by atoms with Crippen molar-refractivity contribution < 1.29 is 4.42 Å². The van der Waals surface area contributed by atoms with E-state index in [2.05, 4.69) is 22.1 Å². The van der Waals surface area contributed by atoms with Gasteiger partial charge in [0.25, 0.3) is 6.01 Å². The van der Waals surface area contributed by atoms with Crippen molar-refractivity contribution in [2.45, 2.75) is 0 Å². The normalized spacial score (nSPS) is 9.89. The molecule has 3 heteroatoms. The van der Waals surface area contributed by atoms with Gasteiger partial charge in [0.15, 0.2) is 5.58 Å². The minimum Gasteiger partial charge on any atom is -0.424 e. The van der Waals surface area contributed by atoms with Crippen LogP contribution in [0.4, 0.5) is 6.01 Å². The molecule has 0 saturated carbocycles. The van der Waals surface area contributed by atoms with Crippen molar-refractivity contribution in [3.8, 4) is 11.8 Å². The van der Waals surface area contributed by atoms with Crippen LogP contribution in [0.2, 0.25) is 0 Å². The number of fused-ring (bicyclic) bond motifs is 1. The molecular formula is C16H12N2O. The van der Waals surface area contributed by atoms with E-state index in [9.17, 15) is 0 Å². The summed E-state index contributed by atoms with van der Waals surface area (Å²) in [7, 11) is 0. The average Bonchev–Trinajstić information content (AvgIpc) is 2.87. The van der Waals surface area contributed by atoms with Gasteiger partial charge in [-0.15, -0.1) is 0 Å². The van der Waals surface area contributed by atoms with Crippen molar-refractivity contribution in [2.75, 3.05) is 11.9 Å². The van der Waals surface area contributed by atoms with Crippen molar-refractivity contribution >= 4 is 17.1 Å². The van der Waals surface area contributed by atoms with Gasteiger partial charge in [-0.1, -0.05) is 42.2 Å². The molecule has 92 valence electrons. The summed E-state index contributed by atoms with van der Waals surface area (Å²) in [6.07, 6.45) is 0. The predicted molar refractivity (Wildman–Crippen MR) is 75.8 cm³/mol. The second-order valence-electron chi connectivity index (χ2n) is 4.01. The third-order valence-corrected chi connectivity index (χ3v) is 2.63. The van der Waals surface area contributed by atoms with E-state index in [1.807, 2.05) is 54.6 Å². The number of rotatable bonds is 2. The molecular weight excluding hydrogens is 236 g/mol. The van der Waals surface area contributed by atoms with Gasteiger partial charge in [-0.25, -0.2) is 0 Å². The smallest absolute Gasteiger partial charge is 0.296 e. The summed E-state index contributed by atoms with van der Waals surface area (Å²) < 4.78 is 5.53. The van der Waals surface area contributed by atoms with E-state index < -0.39 is 0 Å². The third-order valence-electron chi connectivity index (χ3n) is 2.63. The van der Waals surface area contributed by atoms with Crippen LogP contribution in [0.5, 0.6) is 0 Å². The van der Waals surface area contributed by atoms with Crippen LogP contribution in [0.1, 0.15) is 5.56 Å². The van der Waals surface area contributed by atoms with Gasteiger partial charge in [0, 0.05) is 5.56 Å². The second kappa shape index (κ2) is 5.28. The molecule has 0 aliphatic carbocycles. The maximum atomic E-state index is 5.53. The summed E-state index contributed by atoms with van der Waals surface area (Å²) in [5.74, 6) is 6.10. The summed E-state index contributed by atoms with van der Waals surface area (Å²) in [4.78, 5) is 4.31. The minimum atomic E-state index is 0.502. The molecule has 19 heavy (non-hydrogen) atoms. The Morgan fingerprint density at radius 3 is 2.63 bits per heavy atom. The summed E-state index contributed by atoms with van der Waals surface area (Å²) >= 11 is 0. The first-order valence-electron chi connectivity index (χ1n) is 6.05. The fourth-order valence-electron chi connectivity index (χ4n) is 1.74. The van der Waals surface area contributed by atoms with E-state index in [0.29, 0.717) is 12.6 Å². The summed E-state index contributed by atoms with van der Waals surface area (Å²) in [6.45, 7) is 0.502. The average molecular weight is 248 g/mol. The van der Waals surface area contributed by atoms with Crippen molar-refractivity contribution in [3.63, 3.8) is 0 Å². The Balaban J connectivity index is 1.65. The number of nitrogens with zero attached hydrogens (tertiary/aromatic N) is 1. The highest BCUT2D eigenvalue weighted by molar-refractivity contribution is 5.74. The van der Waals surface area contributed by atoms with Gasteiger partial charge in [-0.05, 0) is 24.3 Å². The summed E-state index contributed by atoms with van der Waals surface area (Å²) in [6, 6.07) is 18.0. The number of nitrogens with one attached hydrogen (secondary N) is 1. The molecule has 1 N–H and O–H groups in total. The maximum Gasteiger partial charge on any atom is 0.296 e. The Labute approximate surface area is 111 Å². The Bertz CT molecular complexity index is 702. The molecule has 0 saturated heterocycles. The molecule has 0 fully saturated rings. The van der Waals surface area contributed by atoms with Crippen LogP contribution >= 0.6 is 0 Å². The van der Waals surface area contributed by atoms with Crippen LogP contribution in [0, 0.1) is 11.8 Å². The zero-order valence-corrected chi connectivity index (χ0v) is 10.3. The van der Waals surface area contributed by atoms with Gasteiger partial charge in [0.05, 0.1) is 6.54 Å². The topological polar surface area (TPSA) is 38.1 Å². The Morgan fingerprint density at radius 1 is 1.00 bits per heavy atom. The van der Waals surface area contributed by atoms with Crippen LogP contribution in [-0.2, 0) is 0 Å². The zero-order chi connectivity index (χ0) is 12.9. The Morgan fingerprint density at radius 2 is 1.79 bits per heavy atom. The summed E-state index contributed by atoms with van der Waals surface area (Å²) in [5.41, 5.74) is 2.63. The number of hydrogen-bond donors (Lipinski definition) is 1. The van der Waals surface area contributed by atoms with Gasteiger partial charge in [0.2, 0.25) is 0 Å². The number of benzene rings is 2. The van der Waals surface area contributed by atoms with Gasteiger partial charge in [0.1, 0.15) is 5.52 Å². The maximum absolute atomic E-state index is 5.53. The molecule has 0 spiro atoms. The third kappa shape index (κ3) is 2.75. The molecule has 0 radical (unpaired) electrons. The summed E-state index contributed by atoms with van der Waals surface area (Å²) in [5, 5.41) is 3.05. The predicted octanol–water partition coefficient (Wildman–Crippen LogP) is 3.29. The molecule has 0 aliphatic rings. The molecule has 0 unspecified atom stereocenters. The fraction of sp³-hybridized carbons (Fsp3) is 0.0625. The Hall–Kier alpha value is -2.73. The quantitative estimate of drug-likeness (QED) is 0.707. The number of hydrogen-bond acceptors (Lipinski definition) is 3. The monoisotopic (exact) mass is 248 g/mol. The van der Waals surface area contributed by atoms with E-state index >= 15 is 0 Å². The zero-order valence-electron chi connectivity index (χ0n) is 10.3. The standard InChI is InChI=1S/C16H12N2O/c1-2-7-13(8-3-1)9-6-12-17-16-18-14-10-4-5-11-15(14)19-16/h1-5,7-8,10-11H,12H2,(H,17,18). The van der Waals surface area contributed by atoms with Crippen LogP contribution in [0.15, 0.2) is 59.0 Å². The minimum absolute atomic E-state index is 0.502. The van der Waals surface area contributed by atoms with Crippen LogP contribution in [0.3, 0.4) is 0 Å². The van der Waals surface area contributed by atoms with Gasteiger partial charge < -0.3 is 9.73 Å². The van der Waals surface area contributed by atoms with Crippen molar-refractivity contribution in [2.24, 2.45) is 0 Å². The highest BCUT2D eigenvalue weighted by atomic mass is 16.4. The number of para-hydroxylation sites is 2. The van der Waals surface area contributed by atoms with Crippen LogP contribution < -0.4 is 5.32 Å². The lowest BCUT2D eigenvalue weighted by Crippen LogP contribution is -1.98. The molecule has 0 amide bonds. The first-order valence-corrected chi connectivity index (χ1v) is 6.05. The highest BCUT2D eigenvalue weighted by Crippen LogP contribution is 2.17. The molecule has 0 bridgehead atoms. The van der Waals surface area contributed by atoms with Gasteiger partial charge in [-0.2, -0.15) is 4.98 Å². The van der Waals surface area contributed by atoms with E-state index in [1.165, 1.54) is 0 Å². The lowest BCUT2D eigenvalue weighted by atomic mass is 10.2. The van der Waals surface area contributed by atoms with Crippen molar-refractivity contribution in [1.29, 1.82) is 0 Å². The van der Waals surface area contributed by atoms with Crippen molar-refractivity contribution in [1.82, 2.24) is 4.98 Å². The van der Waals surface area contributed by atoms with E-state index in [1.54, 1.807) is 0 Å². The fourth-order valence-corrected chi connectivity index (χ4v) is 1.74. The van der Waals surface area contributed by atoms with E-state index in [-0.39, 0.29) is 0 Å². The highest BCUT2D eigenvalue weighted by Gasteiger charge is 2.02. The lowest BCUT2D eigenvalue weighted by Gasteiger charge is -1.92. The van der Waals surface area contributed by atoms with E-state index in [0.717, 1.165) is 16.7 Å². The number of oxazole rings is 1. The second-order valence-corrected chi connectivity index (χ2v) is 4.01. The molecule has 3 aromatic rings.